The molecule has 0 spiro atoms. The second kappa shape index (κ2) is 4.85. The van der Waals surface area contributed by atoms with Crippen LogP contribution in [0.4, 0.5) is 0 Å². The van der Waals surface area contributed by atoms with Gasteiger partial charge in [-0.25, -0.2) is 0 Å². The Bertz CT molecular complexity index is 399. The van der Waals surface area contributed by atoms with E-state index in [4.69, 9.17) is 0 Å². The molecule has 0 aliphatic heterocycles. The number of hydrogen-bond acceptors (Lipinski definition) is 0. The van der Waals surface area contributed by atoms with E-state index in [1.807, 2.05) is 0 Å². The summed E-state index contributed by atoms with van der Waals surface area (Å²) in [5, 5.41) is 0. The van der Waals surface area contributed by atoms with Crippen molar-refractivity contribution in [3.63, 3.8) is 0 Å². The van der Waals surface area contributed by atoms with E-state index in [0.717, 1.165) is 0 Å². The Labute approximate surface area is 86.4 Å². The van der Waals surface area contributed by atoms with Crippen molar-refractivity contribution in [3.8, 4) is 0 Å². The predicted molar refractivity (Wildman–Crippen MR) is 62.8 cm³/mol. The summed E-state index contributed by atoms with van der Waals surface area (Å²) in [6.45, 7) is 8.48. The van der Waals surface area contributed by atoms with E-state index in [9.17, 15) is 0 Å². The number of aryl methyl sites for hydroxylation is 2. The number of pyridine rings is 1. The fourth-order valence-corrected chi connectivity index (χ4v) is 1.36. The van der Waals surface area contributed by atoms with Gasteiger partial charge >= 0.3 is 0 Å². The van der Waals surface area contributed by atoms with Gasteiger partial charge in [0.25, 0.3) is 0 Å². The molecule has 0 unspecified atom stereocenters. The second-order valence-electron chi connectivity index (χ2n) is 3.68. The van der Waals surface area contributed by atoms with Crippen LogP contribution in [0.15, 0.2) is 30.5 Å². The number of nitrogens with zero attached hydrogens (tertiary/aromatic N) is 1. The van der Waals surface area contributed by atoms with Crippen molar-refractivity contribution < 1.29 is 0 Å². The first-order chi connectivity index (χ1) is 6.69. The van der Waals surface area contributed by atoms with Gasteiger partial charge in [0.2, 0.25) is 0 Å². The van der Waals surface area contributed by atoms with Gasteiger partial charge in [0.05, 0.1) is 0 Å². The molecule has 1 nitrogen and oxygen atoms in total. The molecule has 0 fully saturated rings. The lowest BCUT2D eigenvalue weighted by Gasteiger charge is -1.97. The van der Waals surface area contributed by atoms with Crippen LogP contribution in [0, 0.1) is 13.8 Å². The molecule has 0 saturated carbocycles. The highest BCUT2D eigenvalue weighted by Crippen LogP contribution is 2.10. The van der Waals surface area contributed by atoms with E-state index in [1.165, 1.54) is 23.2 Å². The molecular formula is C13H19N. The molecule has 2 heterocycles. The van der Waals surface area contributed by atoms with E-state index in [2.05, 4.69) is 62.6 Å². The van der Waals surface area contributed by atoms with Crippen molar-refractivity contribution in [2.24, 2.45) is 0 Å². The molecule has 0 radical (unpaired) electrons. The number of fused-ring (bicyclic) bond motifs is 1. The summed E-state index contributed by atoms with van der Waals surface area (Å²) in [7, 11) is 0. The molecule has 0 bridgehead atoms. The fourth-order valence-electron chi connectivity index (χ4n) is 1.36. The molecule has 0 atom stereocenters. The van der Waals surface area contributed by atoms with Crippen LogP contribution in [0.1, 0.15) is 31.5 Å². The lowest BCUT2D eigenvalue weighted by atomic mass is 10.3. The molecule has 2 aromatic rings. The van der Waals surface area contributed by atoms with Crippen molar-refractivity contribution in [2.75, 3.05) is 0 Å². The first kappa shape index (κ1) is 10.8. The van der Waals surface area contributed by atoms with Crippen LogP contribution in [0.5, 0.6) is 0 Å². The van der Waals surface area contributed by atoms with Crippen LogP contribution in [0.25, 0.3) is 5.52 Å². The van der Waals surface area contributed by atoms with Crippen molar-refractivity contribution in [2.45, 2.75) is 34.1 Å². The molecular weight excluding hydrogens is 170 g/mol. The summed E-state index contributed by atoms with van der Waals surface area (Å²) in [5.41, 5.74) is 3.89. The van der Waals surface area contributed by atoms with Crippen LogP contribution in [-0.2, 0) is 0 Å². The highest BCUT2D eigenvalue weighted by atomic mass is 14.9. The number of hydrogen-bond donors (Lipinski definition) is 0. The summed E-state index contributed by atoms with van der Waals surface area (Å²) in [6.07, 6.45) is 3.36. The van der Waals surface area contributed by atoms with Gasteiger partial charge in [-0.2, -0.15) is 0 Å². The average molecular weight is 189 g/mol. The Hall–Kier alpha value is -1.24. The Morgan fingerprint density at radius 1 is 1.07 bits per heavy atom. The Kier molecular flexibility index (Phi) is 3.75. The van der Waals surface area contributed by atoms with E-state index < -0.39 is 0 Å². The monoisotopic (exact) mass is 189 g/mol. The van der Waals surface area contributed by atoms with Crippen LogP contribution in [0.2, 0.25) is 0 Å². The Morgan fingerprint density at radius 2 is 1.71 bits per heavy atom. The van der Waals surface area contributed by atoms with Gasteiger partial charge in [0, 0.05) is 17.4 Å². The molecule has 2 aromatic heterocycles. The molecule has 0 aromatic carbocycles. The quantitative estimate of drug-likeness (QED) is 0.590. The van der Waals surface area contributed by atoms with Crippen LogP contribution < -0.4 is 0 Å². The molecule has 2 rings (SSSR count). The van der Waals surface area contributed by atoms with Crippen LogP contribution in [-0.4, -0.2) is 4.40 Å². The number of rotatable bonds is 0. The zero-order valence-electron chi connectivity index (χ0n) is 9.54. The topological polar surface area (TPSA) is 4.41 Å². The zero-order chi connectivity index (χ0) is 10.6. The summed E-state index contributed by atoms with van der Waals surface area (Å²) in [6, 6.07) is 8.59. The van der Waals surface area contributed by atoms with Crippen molar-refractivity contribution in [3.05, 3.63) is 41.7 Å². The minimum Gasteiger partial charge on any atom is -0.321 e. The molecule has 14 heavy (non-hydrogen) atoms. The summed E-state index contributed by atoms with van der Waals surface area (Å²) in [5.74, 6) is 0. The van der Waals surface area contributed by atoms with Gasteiger partial charge in [-0.15, -0.1) is 0 Å². The third-order valence-corrected chi connectivity index (χ3v) is 2.02. The second-order valence-corrected chi connectivity index (χ2v) is 3.68. The van der Waals surface area contributed by atoms with Gasteiger partial charge in [0.15, 0.2) is 0 Å². The minimum atomic E-state index is 1.25. The summed E-state index contributed by atoms with van der Waals surface area (Å²) >= 11 is 0. The SMILES string of the molecule is CCC.Cc1ccn2c(C)ccc2c1. The summed E-state index contributed by atoms with van der Waals surface area (Å²) < 4.78 is 2.19. The summed E-state index contributed by atoms with van der Waals surface area (Å²) in [4.78, 5) is 0. The van der Waals surface area contributed by atoms with E-state index in [1.54, 1.807) is 0 Å². The fraction of sp³-hybridized carbons (Fsp3) is 0.385. The van der Waals surface area contributed by atoms with Gasteiger partial charge < -0.3 is 4.40 Å². The van der Waals surface area contributed by atoms with Crippen molar-refractivity contribution >= 4 is 5.52 Å². The van der Waals surface area contributed by atoms with Gasteiger partial charge in [-0.3, -0.25) is 0 Å². The highest BCUT2D eigenvalue weighted by Gasteiger charge is 1.94. The smallest absolute Gasteiger partial charge is 0.0455 e. The molecule has 0 amide bonds. The Morgan fingerprint density at radius 3 is 2.36 bits per heavy atom. The largest absolute Gasteiger partial charge is 0.321 e. The lowest BCUT2D eigenvalue weighted by molar-refractivity contribution is 1.09. The zero-order valence-corrected chi connectivity index (χ0v) is 9.54. The van der Waals surface area contributed by atoms with Crippen molar-refractivity contribution in [1.29, 1.82) is 0 Å². The average Bonchev–Trinajstić information content (AvgIpc) is 2.49. The van der Waals surface area contributed by atoms with E-state index in [-0.39, 0.29) is 0 Å². The third kappa shape index (κ3) is 2.38. The standard InChI is InChI=1S/C10H11N.C3H8/c1-8-5-6-11-9(2)3-4-10(11)7-8;1-3-2/h3-7H,1-2H3;3H2,1-2H3. The van der Waals surface area contributed by atoms with Crippen LogP contribution >= 0.6 is 0 Å². The van der Waals surface area contributed by atoms with Gasteiger partial charge in [-0.1, -0.05) is 20.3 Å². The first-order valence-electron chi connectivity index (χ1n) is 5.23. The minimum absolute atomic E-state index is 1.25. The highest BCUT2D eigenvalue weighted by molar-refractivity contribution is 5.51. The van der Waals surface area contributed by atoms with Gasteiger partial charge in [0.1, 0.15) is 0 Å². The molecule has 1 heteroatoms. The van der Waals surface area contributed by atoms with E-state index >= 15 is 0 Å². The van der Waals surface area contributed by atoms with Crippen LogP contribution in [0.3, 0.4) is 0 Å². The third-order valence-electron chi connectivity index (χ3n) is 2.02. The maximum Gasteiger partial charge on any atom is 0.0455 e. The number of aromatic nitrogens is 1. The molecule has 0 saturated heterocycles. The maximum atomic E-state index is 2.19. The Balaban J connectivity index is 0.000000293. The molecule has 76 valence electrons. The van der Waals surface area contributed by atoms with Gasteiger partial charge in [-0.05, 0) is 43.7 Å². The molecule has 0 N–H and O–H groups in total. The van der Waals surface area contributed by atoms with Crippen molar-refractivity contribution in [1.82, 2.24) is 4.40 Å². The maximum absolute atomic E-state index is 2.19. The normalized spacial score (nSPS) is 9.71. The molecule has 0 aliphatic carbocycles. The predicted octanol–water partition coefficient (Wildman–Crippen LogP) is 3.97. The molecule has 0 aliphatic rings. The first-order valence-corrected chi connectivity index (χ1v) is 5.23. The van der Waals surface area contributed by atoms with E-state index in [0.29, 0.717) is 0 Å². The lowest BCUT2D eigenvalue weighted by Crippen LogP contribution is -1.85.